The third kappa shape index (κ3) is 4.22. The Bertz CT molecular complexity index is 356. The highest BCUT2D eigenvalue weighted by atomic mass is 16.5. The van der Waals surface area contributed by atoms with Gasteiger partial charge in [0.15, 0.2) is 0 Å². The van der Waals surface area contributed by atoms with Gasteiger partial charge < -0.3 is 15.0 Å². The second-order valence-electron chi connectivity index (χ2n) is 5.19. The second-order valence-corrected chi connectivity index (χ2v) is 5.19. The van der Waals surface area contributed by atoms with Gasteiger partial charge in [0.1, 0.15) is 11.9 Å². The number of benzene rings is 1. The molecule has 0 radical (unpaired) electrons. The summed E-state index contributed by atoms with van der Waals surface area (Å²) < 4.78 is 5.91. The molecular weight excluding hydrogens is 236 g/mol. The Labute approximate surface area is 116 Å². The number of nitrogens with one attached hydrogen (secondary N) is 1. The van der Waals surface area contributed by atoms with Crippen molar-refractivity contribution in [3.8, 4) is 5.75 Å². The van der Waals surface area contributed by atoms with E-state index in [1.54, 1.807) is 0 Å². The first-order chi connectivity index (χ1) is 9.33. The maximum Gasteiger partial charge on any atom is 0.123 e. The summed E-state index contributed by atoms with van der Waals surface area (Å²) in [5.74, 6) is 1.07. The number of hydrogen-bond donors (Lipinski definition) is 1. The fraction of sp³-hybridized carbons (Fsp3) is 0.625. The molecule has 1 aromatic rings. The maximum absolute atomic E-state index is 5.91. The molecule has 0 saturated heterocycles. The smallest absolute Gasteiger partial charge is 0.123 e. The van der Waals surface area contributed by atoms with Gasteiger partial charge in [0.25, 0.3) is 0 Å². The van der Waals surface area contributed by atoms with Gasteiger partial charge in [0.2, 0.25) is 0 Å². The third-order valence-corrected chi connectivity index (χ3v) is 3.68. The second kappa shape index (κ2) is 7.51. The van der Waals surface area contributed by atoms with Crippen LogP contribution in [0.5, 0.6) is 5.75 Å². The van der Waals surface area contributed by atoms with Crippen LogP contribution in [-0.2, 0) is 6.42 Å². The predicted octanol–water partition coefficient (Wildman–Crippen LogP) is 2.31. The zero-order chi connectivity index (χ0) is 13.5. The summed E-state index contributed by atoms with van der Waals surface area (Å²) in [4.78, 5) is 2.48. The topological polar surface area (TPSA) is 24.5 Å². The van der Waals surface area contributed by atoms with Crippen LogP contribution in [0, 0.1) is 0 Å². The van der Waals surface area contributed by atoms with Gasteiger partial charge in [-0.25, -0.2) is 0 Å². The average Bonchev–Trinajstić information content (AvgIpc) is 2.85. The molecule has 1 heterocycles. The molecule has 0 amide bonds. The van der Waals surface area contributed by atoms with E-state index in [-0.39, 0.29) is 0 Å². The van der Waals surface area contributed by atoms with E-state index in [1.807, 2.05) is 6.07 Å². The van der Waals surface area contributed by atoms with E-state index < -0.39 is 0 Å². The molecule has 0 bridgehead atoms. The molecular formula is C16H26N2O. The summed E-state index contributed by atoms with van der Waals surface area (Å²) in [5, 5.41) is 3.52. The number of ether oxygens (including phenoxy) is 1. The summed E-state index contributed by atoms with van der Waals surface area (Å²) in [6, 6.07) is 8.35. The van der Waals surface area contributed by atoms with Crippen molar-refractivity contribution in [3.05, 3.63) is 29.8 Å². The predicted molar refractivity (Wildman–Crippen MR) is 79.8 cm³/mol. The van der Waals surface area contributed by atoms with Crippen molar-refractivity contribution in [1.29, 1.82) is 0 Å². The Hall–Kier alpha value is -1.06. The molecule has 0 fully saturated rings. The molecule has 19 heavy (non-hydrogen) atoms. The lowest BCUT2D eigenvalue weighted by Gasteiger charge is -2.20. The van der Waals surface area contributed by atoms with Crippen molar-refractivity contribution >= 4 is 0 Å². The minimum Gasteiger partial charge on any atom is -0.488 e. The van der Waals surface area contributed by atoms with Gasteiger partial charge in [0, 0.05) is 26.1 Å². The number of nitrogens with zero attached hydrogens (tertiary/aromatic N) is 1. The van der Waals surface area contributed by atoms with Crippen LogP contribution in [0.4, 0.5) is 0 Å². The molecule has 3 nitrogen and oxygen atoms in total. The zero-order valence-electron chi connectivity index (χ0n) is 12.2. The van der Waals surface area contributed by atoms with Gasteiger partial charge in [0.05, 0.1) is 0 Å². The standard InChI is InChI=1S/C16H26N2O/c1-3-10-18(4-2)11-9-17-13-15-12-14-7-5-6-8-16(14)19-15/h5-8,15,17H,3-4,9-13H2,1-2H3. The summed E-state index contributed by atoms with van der Waals surface area (Å²) in [6.07, 6.45) is 2.57. The fourth-order valence-electron chi connectivity index (χ4n) is 2.61. The van der Waals surface area contributed by atoms with Crippen molar-refractivity contribution in [2.45, 2.75) is 32.8 Å². The first-order valence-electron chi connectivity index (χ1n) is 7.51. The molecule has 1 aliphatic rings. The number of para-hydroxylation sites is 1. The summed E-state index contributed by atoms with van der Waals surface area (Å²) in [6.45, 7) is 9.92. The van der Waals surface area contributed by atoms with Crippen molar-refractivity contribution < 1.29 is 4.74 Å². The lowest BCUT2D eigenvalue weighted by Crippen LogP contribution is -2.37. The minimum atomic E-state index is 0.304. The van der Waals surface area contributed by atoms with Crippen LogP contribution < -0.4 is 10.1 Å². The zero-order valence-corrected chi connectivity index (χ0v) is 12.2. The lowest BCUT2D eigenvalue weighted by atomic mass is 10.1. The molecule has 0 aliphatic carbocycles. The van der Waals surface area contributed by atoms with E-state index in [0.717, 1.165) is 38.3 Å². The van der Waals surface area contributed by atoms with Crippen LogP contribution in [0.25, 0.3) is 0 Å². The van der Waals surface area contributed by atoms with Crippen LogP contribution >= 0.6 is 0 Å². The Kier molecular flexibility index (Phi) is 5.67. The average molecular weight is 262 g/mol. The largest absolute Gasteiger partial charge is 0.488 e. The fourth-order valence-corrected chi connectivity index (χ4v) is 2.61. The van der Waals surface area contributed by atoms with Gasteiger partial charge >= 0.3 is 0 Å². The SMILES string of the molecule is CCCN(CC)CCNCC1Cc2ccccc2O1. The summed E-state index contributed by atoms with van der Waals surface area (Å²) in [7, 11) is 0. The highest BCUT2D eigenvalue weighted by Crippen LogP contribution is 2.27. The molecule has 106 valence electrons. The number of likely N-dealkylation sites (N-methyl/N-ethyl adjacent to an activating group) is 1. The number of fused-ring (bicyclic) bond motifs is 1. The molecule has 0 spiro atoms. The first kappa shape index (κ1) is 14.4. The number of rotatable bonds is 8. The number of hydrogen-bond acceptors (Lipinski definition) is 3. The first-order valence-corrected chi connectivity index (χ1v) is 7.51. The highest BCUT2D eigenvalue weighted by molar-refractivity contribution is 5.37. The van der Waals surface area contributed by atoms with Crippen molar-refractivity contribution in [2.75, 3.05) is 32.7 Å². The molecule has 1 N–H and O–H groups in total. The third-order valence-electron chi connectivity index (χ3n) is 3.68. The van der Waals surface area contributed by atoms with Gasteiger partial charge in [-0.2, -0.15) is 0 Å². The van der Waals surface area contributed by atoms with Crippen molar-refractivity contribution in [3.63, 3.8) is 0 Å². The van der Waals surface area contributed by atoms with E-state index in [2.05, 4.69) is 42.3 Å². The van der Waals surface area contributed by atoms with Crippen LogP contribution in [-0.4, -0.2) is 43.7 Å². The molecule has 1 aliphatic heterocycles. The van der Waals surface area contributed by atoms with E-state index in [4.69, 9.17) is 4.74 Å². The molecule has 1 atom stereocenters. The van der Waals surface area contributed by atoms with Crippen molar-refractivity contribution in [1.82, 2.24) is 10.2 Å². The summed E-state index contributed by atoms with van der Waals surface area (Å²) in [5.41, 5.74) is 1.34. The van der Waals surface area contributed by atoms with Gasteiger partial charge in [-0.15, -0.1) is 0 Å². The minimum absolute atomic E-state index is 0.304. The Morgan fingerprint density at radius 3 is 2.84 bits per heavy atom. The van der Waals surface area contributed by atoms with Crippen LogP contribution in [0.2, 0.25) is 0 Å². The van der Waals surface area contributed by atoms with Gasteiger partial charge in [-0.3, -0.25) is 0 Å². The van der Waals surface area contributed by atoms with Gasteiger partial charge in [-0.05, 0) is 31.1 Å². The molecule has 3 heteroatoms. The van der Waals surface area contributed by atoms with Gasteiger partial charge in [-0.1, -0.05) is 32.0 Å². The van der Waals surface area contributed by atoms with Crippen LogP contribution in [0.3, 0.4) is 0 Å². The summed E-state index contributed by atoms with van der Waals surface area (Å²) >= 11 is 0. The lowest BCUT2D eigenvalue weighted by molar-refractivity contribution is 0.221. The van der Waals surface area contributed by atoms with E-state index in [9.17, 15) is 0 Å². The Morgan fingerprint density at radius 1 is 1.26 bits per heavy atom. The van der Waals surface area contributed by atoms with E-state index >= 15 is 0 Å². The molecule has 0 aromatic heterocycles. The molecule has 1 aromatic carbocycles. The Morgan fingerprint density at radius 2 is 2.11 bits per heavy atom. The molecule has 0 saturated carbocycles. The van der Waals surface area contributed by atoms with Crippen LogP contribution in [0.1, 0.15) is 25.8 Å². The monoisotopic (exact) mass is 262 g/mol. The maximum atomic E-state index is 5.91. The normalized spacial score (nSPS) is 17.5. The van der Waals surface area contributed by atoms with E-state index in [1.165, 1.54) is 18.5 Å². The van der Waals surface area contributed by atoms with Crippen molar-refractivity contribution in [2.24, 2.45) is 0 Å². The highest BCUT2D eigenvalue weighted by Gasteiger charge is 2.21. The van der Waals surface area contributed by atoms with E-state index in [0.29, 0.717) is 6.10 Å². The molecule has 2 rings (SSSR count). The quantitative estimate of drug-likeness (QED) is 0.728. The van der Waals surface area contributed by atoms with Crippen LogP contribution in [0.15, 0.2) is 24.3 Å². The Balaban J connectivity index is 1.63. The molecule has 1 unspecified atom stereocenters.